The number of nitrogens with zero attached hydrogens (tertiary/aromatic N) is 1. The molecule has 0 saturated carbocycles. The van der Waals surface area contributed by atoms with Crippen LogP contribution in [-0.2, 0) is 14.8 Å². The van der Waals surface area contributed by atoms with E-state index in [4.69, 9.17) is 0 Å². The maximum atomic E-state index is 13.0. The lowest BCUT2D eigenvalue weighted by molar-refractivity contribution is -0.137. The van der Waals surface area contributed by atoms with Crippen molar-refractivity contribution in [2.75, 3.05) is 17.3 Å². The summed E-state index contributed by atoms with van der Waals surface area (Å²) >= 11 is 1.58. The number of hydrogen-bond acceptors (Lipinski definition) is 5. The number of anilines is 1. The van der Waals surface area contributed by atoms with E-state index in [1.165, 1.54) is 10.2 Å². The average Bonchev–Trinajstić information content (AvgIpc) is 3.11. The molecule has 0 saturated heterocycles. The van der Waals surface area contributed by atoms with Crippen LogP contribution >= 0.6 is 11.8 Å². The summed E-state index contributed by atoms with van der Waals surface area (Å²) in [5.41, 5.74) is 2.08. The van der Waals surface area contributed by atoms with Crippen molar-refractivity contribution in [2.45, 2.75) is 24.3 Å². The Hall–Kier alpha value is -2.45. The van der Waals surface area contributed by atoms with Gasteiger partial charge in [0.25, 0.3) is 10.0 Å². The van der Waals surface area contributed by atoms with Gasteiger partial charge in [-0.25, -0.2) is 17.2 Å². The molecule has 1 aromatic heterocycles. The van der Waals surface area contributed by atoms with Crippen LogP contribution in [0.3, 0.4) is 0 Å². The number of nitrogens with one attached hydrogen (secondary N) is 1. The minimum atomic E-state index is -3.75. The summed E-state index contributed by atoms with van der Waals surface area (Å²) in [6, 6.07) is 12.8. The van der Waals surface area contributed by atoms with Crippen LogP contribution in [0.5, 0.6) is 0 Å². The van der Waals surface area contributed by atoms with Gasteiger partial charge in [0.2, 0.25) is 0 Å². The maximum Gasteiger partial charge on any atom is 0.326 e. The van der Waals surface area contributed by atoms with Crippen molar-refractivity contribution in [3.63, 3.8) is 0 Å². The van der Waals surface area contributed by atoms with Crippen molar-refractivity contribution < 1.29 is 18.3 Å². The summed E-state index contributed by atoms with van der Waals surface area (Å²) in [4.78, 5) is 11.8. The normalized spacial score (nSPS) is 12.8. The van der Waals surface area contributed by atoms with Crippen LogP contribution in [0.2, 0.25) is 0 Å². The van der Waals surface area contributed by atoms with Crippen molar-refractivity contribution in [1.29, 1.82) is 0 Å². The number of hydrogen-bond donors (Lipinski definition) is 2. The molecule has 0 aliphatic heterocycles. The highest BCUT2D eigenvalue weighted by molar-refractivity contribution is 7.98. The zero-order valence-electron chi connectivity index (χ0n) is 15.6. The molecule has 0 aliphatic rings. The number of aryl methyl sites for hydroxylation is 1. The first-order valence-corrected chi connectivity index (χ1v) is 11.6. The summed E-state index contributed by atoms with van der Waals surface area (Å²) in [5, 5.41) is 13.2. The second-order valence-corrected chi connectivity index (χ2v) is 9.29. The average molecular weight is 419 g/mol. The number of aromatic nitrogens is 1. The fraction of sp³-hybridized carbons (Fsp3) is 0.250. The molecule has 3 aromatic rings. The van der Waals surface area contributed by atoms with Crippen LogP contribution < -0.4 is 5.32 Å². The molecular formula is C20H22N2O4S2. The van der Waals surface area contributed by atoms with Gasteiger partial charge >= 0.3 is 5.97 Å². The Morgan fingerprint density at radius 2 is 1.89 bits per heavy atom. The molecular weight excluding hydrogens is 396 g/mol. The Kier molecular flexibility index (Phi) is 6.00. The van der Waals surface area contributed by atoms with Crippen molar-refractivity contribution in [3.05, 3.63) is 60.3 Å². The summed E-state index contributed by atoms with van der Waals surface area (Å²) in [6.45, 7) is 1.90. The molecule has 28 heavy (non-hydrogen) atoms. The summed E-state index contributed by atoms with van der Waals surface area (Å²) in [7, 11) is -3.75. The molecule has 148 valence electrons. The number of carboxylic acids is 1. The lowest BCUT2D eigenvalue weighted by Gasteiger charge is -2.16. The maximum absolute atomic E-state index is 13.0. The fourth-order valence-corrected chi connectivity index (χ4v) is 4.80. The zero-order valence-corrected chi connectivity index (χ0v) is 17.3. The van der Waals surface area contributed by atoms with Gasteiger partial charge in [-0.15, -0.1) is 0 Å². The van der Waals surface area contributed by atoms with E-state index in [0.717, 1.165) is 5.56 Å². The molecule has 2 aromatic carbocycles. The standard InChI is InChI=1S/C20H22N2O4S2/c1-14-6-8-15(9-7-14)28(25,26)22-12-10-16-17(4-3-5-19(16)22)21-18(20(23)24)11-13-27-2/h3-10,12,18,21H,11,13H2,1-2H3,(H,23,24)/t18-/m1/s1. The minimum Gasteiger partial charge on any atom is -0.480 e. The van der Waals surface area contributed by atoms with Gasteiger partial charge in [-0.1, -0.05) is 23.8 Å². The first-order valence-electron chi connectivity index (χ1n) is 8.75. The highest BCUT2D eigenvalue weighted by atomic mass is 32.2. The Morgan fingerprint density at radius 3 is 2.54 bits per heavy atom. The Morgan fingerprint density at radius 1 is 1.18 bits per heavy atom. The zero-order chi connectivity index (χ0) is 20.3. The predicted molar refractivity (Wildman–Crippen MR) is 114 cm³/mol. The third kappa shape index (κ3) is 4.02. The van der Waals surface area contributed by atoms with E-state index >= 15 is 0 Å². The van der Waals surface area contributed by atoms with Gasteiger partial charge in [-0.3, -0.25) is 0 Å². The smallest absolute Gasteiger partial charge is 0.326 e. The molecule has 6 nitrogen and oxygen atoms in total. The molecule has 8 heteroatoms. The van der Waals surface area contributed by atoms with Crippen LogP contribution in [0.4, 0.5) is 5.69 Å². The number of aliphatic carboxylic acids is 1. The molecule has 3 rings (SSSR count). The molecule has 0 aliphatic carbocycles. The topological polar surface area (TPSA) is 88.4 Å². The molecule has 1 atom stereocenters. The molecule has 0 spiro atoms. The fourth-order valence-electron chi connectivity index (χ4n) is 2.98. The van der Waals surface area contributed by atoms with E-state index in [1.807, 2.05) is 13.2 Å². The number of carbonyl (C=O) groups is 1. The number of fused-ring (bicyclic) bond motifs is 1. The van der Waals surface area contributed by atoms with Crippen molar-refractivity contribution >= 4 is 44.3 Å². The predicted octanol–water partition coefficient (Wildman–Crippen LogP) is 3.80. The third-order valence-electron chi connectivity index (χ3n) is 4.51. The van der Waals surface area contributed by atoms with Crippen LogP contribution in [0.1, 0.15) is 12.0 Å². The molecule has 0 bridgehead atoms. The second kappa shape index (κ2) is 8.28. The van der Waals surface area contributed by atoms with Crippen LogP contribution in [0.15, 0.2) is 59.6 Å². The summed E-state index contributed by atoms with van der Waals surface area (Å²) in [5.74, 6) is -0.222. The van der Waals surface area contributed by atoms with Gasteiger partial charge in [0.15, 0.2) is 0 Å². The first-order chi connectivity index (χ1) is 13.3. The van der Waals surface area contributed by atoms with Gasteiger partial charge in [0.05, 0.1) is 10.4 Å². The van der Waals surface area contributed by atoms with E-state index < -0.39 is 22.0 Å². The first kappa shape index (κ1) is 20.3. The lowest BCUT2D eigenvalue weighted by Crippen LogP contribution is -2.29. The number of benzene rings is 2. The molecule has 0 radical (unpaired) electrons. The van der Waals surface area contributed by atoms with Crippen molar-refractivity contribution in [3.8, 4) is 0 Å². The third-order valence-corrected chi connectivity index (χ3v) is 6.86. The van der Waals surface area contributed by atoms with Gasteiger partial charge in [0, 0.05) is 17.3 Å². The van der Waals surface area contributed by atoms with E-state index in [1.54, 1.807) is 60.3 Å². The van der Waals surface area contributed by atoms with E-state index in [2.05, 4.69) is 5.32 Å². The van der Waals surface area contributed by atoms with Gasteiger partial charge in [0.1, 0.15) is 6.04 Å². The lowest BCUT2D eigenvalue weighted by atomic mass is 10.1. The van der Waals surface area contributed by atoms with Crippen LogP contribution in [-0.4, -0.2) is 41.5 Å². The van der Waals surface area contributed by atoms with Gasteiger partial charge in [-0.05, 0) is 55.7 Å². The number of thioether (sulfide) groups is 1. The van der Waals surface area contributed by atoms with Gasteiger partial charge in [-0.2, -0.15) is 11.8 Å². The Bertz CT molecular complexity index is 1090. The number of rotatable bonds is 8. The second-order valence-electron chi connectivity index (χ2n) is 6.48. The van der Waals surface area contributed by atoms with Crippen molar-refractivity contribution in [2.24, 2.45) is 0 Å². The Labute approximate surface area is 168 Å². The highest BCUT2D eigenvalue weighted by Gasteiger charge is 2.21. The monoisotopic (exact) mass is 418 g/mol. The largest absolute Gasteiger partial charge is 0.480 e. The highest BCUT2D eigenvalue weighted by Crippen LogP contribution is 2.28. The van der Waals surface area contributed by atoms with Gasteiger partial charge < -0.3 is 10.4 Å². The van der Waals surface area contributed by atoms with E-state index in [9.17, 15) is 18.3 Å². The summed E-state index contributed by atoms with van der Waals surface area (Å²) in [6.07, 6.45) is 3.90. The molecule has 0 fully saturated rings. The van der Waals surface area contributed by atoms with Crippen LogP contribution in [0, 0.1) is 6.92 Å². The van der Waals surface area contributed by atoms with E-state index in [-0.39, 0.29) is 4.90 Å². The number of carboxylic acid groups (broad SMARTS) is 1. The minimum absolute atomic E-state index is 0.206. The molecule has 0 unspecified atom stereocenters. The van der Waals surface area contributed by atoms with Crippen LogP contribution in [0.25, 0.3) is 10.9 Å². The Balaban J connectivity index is 2.01. The molecule has 1 heterocycles. The quantitative estimate of drug-likeness (QED) is 0.578. The summed E-state index contributed by atoms with van der Waals surface area (Å²) < 4.78 is 27.3. The molecule has 2 N–H and O–H groups in total. The van der Waals surface area contributed by atoms with E-state index in [0.29, 0.717) is 28.8 Å². The van der Waals surface area contributed by atoms with Crippen molar-refractivity contribution in [1.82, 2.24) is 3.97 Å². The molecule has 0 amide bonds. The SMILES string of the molecule is CSCC[C@@H](Nc1cccc2c1ccn2S(=O)(=O)c1ccc(C)cc1)C(=O)O.